The summed E-state index contributed by atoms with van der Waals surface area (Å²) in [4.78, 5) is 26.8. The highest BCUT2D eigenvalue weighted by Gasteiger charge is 2.36. The maximum atomic E-state index is 12.6. The van der Waals surface area contributed by atoms with E-state index in [1.54, 1.807) is 12.0 Å². The number of nitrogens with zero attached hydrogens (tertiary/aromatic N) is 1. The van der Waals surface area contributed by atoms with Gasteiger partial charge < -0.3 is 19.7 Å². The Morgan fingerprint density at radius 3 is 2.76 bits per heavy atom. The van der Waals surface area contributed by atoms with E-state index in [1.807, 2.05) is 62.4 Å². The number of nitrogens with one attached hydrogen (secondary N) is 1. The second-order valence-electron chi connectivity index (χ2n) is 7.43. The van der Waals surface area contributed by atoms with Gasteiger partial charge in [0, 0.05) is 19.5 Å². The molecule has 1 saturated heterocycles. The van der Waals surface area contributed by atoms with E-state index in [0.29, 0.717) is 25.3 Å². The average Bonchev–Trinajstić information content (AvgIpc) is 3.09. The Bertz CT molecular complexity index is 865. The monoisotopic (exact) mass is 396 g/mol. The summed E-state index contributed by atoms with van der Waals surface area (Å²) in [5.74, 6) is 0.951. The predicted octanol–water partition coefficient (Wildman–Crippen LogP) is 3.19. The predicted molar refractivity (Wildman–Crippen MR) is 112 cm³/mol. The van der Waals surface area contributed by atoms with E-state index in [2.05, 4.69) is 5.32 Å². The van der Waals surface area contributed by atoms with E-state index in [1.165, 1.54) is 0 Å². The van der Waals surface area contributed by atoms with Crippen LogP contribution >= 0.6 is 0 Å². The standard InChI is InChI=1S/C23H28N2O4/c1-16(2)29-21-10-5-4-9-20(21)25-15-18(14-22(25)26)23(27)24-12-11-17-7-6-8-19(13-17)28-3/h4-10,13,16,18H,11-12,14-15H2,1-3H3,(H,24,27). The molecule has 1 heterocycles. The van der Waals surface area contributed by atoms with Gasteiger partial charge in [-0.05, 0) is 50.1 Å². The summed E-state index contributed by atoms with van der Waals surface area (Å²) in [6, 6.07) is 15.2. The van der Waals surface area contributed by atoms with Crippen molar-refractivity contribution < 1.29 is 19.1 Å². The van der Waals surface area contributed by atoms with Crippen LogP contribution in [0.15, 0.2) is 48.5 Å². The Labute approximate surface area is 171 Å². The molecule has 1 N–H and O–H groups in total. The smallest absolute Gasteiger partial charge is 0.227 e. The van der Waals surface area contributed by atoms with Crippen molar-refractivity contribution in [1.82, 2.24) is 5.32 Å². The molecule has 154 valence electrons. The molecule has 0 saturated carbocycles. The van der Waals surface area contributed by atoms with Gasteiger partial charge in [0.25, 0.3) is 0 Å². The minimum Gasteiger partial charge on any atom is -0.497 e. The van der Waals surface area contributed by atoms with Crippen molar-refractivity contribution in [3.05, 3.63) is 54.1 Å². The lowest BCUT2D eigenvalue weighted by Gasteiger charge is -2.21. The van der Waals surface area contributed by atoms with E-state index < -0.39 is 0 Å². The second-order valence-corrected chi connectivity index (χ2v) is 7.43. The molecule has 0 bridgehead atoms. The number of hydrogen-bond acceptors (Lipinski definition) is 4. The maximum Gasteiger partial charge on any atom is 0.227 e. The van der Waals surface area contributed by atoms with E-state index in [4.69, 9.17) is 9.47 Å². The number of carbonyl (C=O) groups is 2. The molecule has 1 atom stereocenters. The summed E-state index contributed by atoms with van der Waals surface area (Å²) in [5, 5.41) is 2.96. The molecule has 0 aliphatic carbocycles. The molecule has 0 radical (unpaired) electrons. The lowest BCUT2D eigenvalue weighted by Crippen LogP contribution is -2.34. The molecule has 0 spiro atoms. The molecule has 0 aromatic heterocycles. The summed E-state index contributed by atoms with van der Waals surface area (Å²) in [6.07, 6.45) is 0.920. The number of ether oxygens (including phenoxy) is 2. The van der Waals surface area contributed by atoms with Crippen molar-refractivity contribution in [3.8, 4) is 11.5 Å². The summed E-state index contributed by atoms with van der Waals surface area (Å²) >= 11 is 0. The van der Waals surface area contributed by atoms with E-state index >= 15 is 0 Å². The minimum atomic E-state index is -0.361. The largest absolute Gasteiger partial charge is 0.497 e. The quantitative estimate of drug-likeness (QED) is 0.744. The maximum absolute atomic E-state index is 12.6. The fraction of sp³-hybridized carbons (Fsp3) is 0.391. The molecular formula is C23H28N2O4. The summed E-state index contributed by atoms with van der Waals surface area (Å²) in [6.45, 7) is 4.77. The molecule has 2 aromatic carbocycles. The highest BCUT2D eigenvalue weighted by Crippen LogP contribution is 2.33. The number of benzene rings is 2. The third kappa shape index (κ3) is 5.28. The van der Waals surface area contributed by atoms with Crippen LogP contribution in [0, 0.1) is 5.92 Å². The number of rotatable bonds is 8. The Morgan fingerprint density at radius 1 is 1.21 bits per heavy atom. The third-order valence-electron chi connectivity index (χ3n) is 4.86. The minimum absolute atomic E-state index is 0.00422. The van der Waals surface area contributed by atoms with E-state index in [0.717, 1.165) is 17.0 Å². The van der Waals surface area contributed by atoms with Gasteiger partial charge in [0.1, 0.15) is 11.5 Å². The number of amides is 2. The van der Waals surface area contributed by atoms with Gasteiger partial charge in [-0.25, -0.2) is 0 Å². The fourth-order valence-corrected chi connectivity index (χ4v) is 3.45. The molecule has 1 fully saturated rings. The van der Waals surface area contributed by atoms with Crippen LogP contribution in [-0.4, -0.2) is 38.1 Å². The van der Waals surface area contributed by atoms with Crippen LogP contribution in [-0.2, 0) is 16.0 Å². The van der Waals surface area contributed by atoms with Crippen molar-refractivity contribution in [2.45, 2.75) is 32.8 Å². The molecule has 1 unspecified atom stereocenters. The van der Waals surface area contributed by atoms with Gasteiger partial charge in [-0.3, -0.25) is 9.59 Å². The number of hydrogen-bond donors (Lipinski definition) is 1. The van der Waals surface area contributed by atoms with Gasteiger partial charge in [0.05, 0.1) is 24.8 Å². The zero-order valence-corrected chi connectivity index (χ0v) is 17.2. The third-order valence-corrected chi connectivity index (χ3v) is 4.86. The van der Waals surface area contributed by atoms with Crippen LogP contribution in [0.2, 0.25) is 0 Å². The summed E-state index contributed by atoms with van der Waals surface area (Å²) in [7, 11) is 1.63. The van der Waals surface area contributed by atoms with Crippen molar-refractivity contribution in [3.63, 3.8) is 0 Å². The molecule has 3 rings (SSSR count). The summed E-state index contributed by atoms with van der Waals surface area (Å²) < 4.78 is 11.1. The van der Waals surface area contributed by atoms with Crippen molar-refractivity contribution >= 4 is 17.5 Å². The van der Waals surface area contributed by atoms with Crippen LogP contribution < -0.4 is 19.7 Å². The first-order valence-corrected chi connectivity index (χ1v) is 9.94. The van der Waals surface area contributed by atoms with Crippen LogP contribution in [0.3, 0.4) is 0 Å². The zero-order chi connectivity index (χ0) is 20.8. The van der Waals surface area contributed by atoms with Crippen LogP contribution in [0.25, 0.3) is 0 Å². The number of carbonyl (C=O) groups excluding carboxylic acids is 2. The molecule has 6 nitrogen and oxygen atoms in total. The first-order chi connectivity index (χ1) is 14.0. The lowest BCUT2D eigenvalue weighted by atomic mass is 10.1. The normalized spacial score (nSPS) is 16.2. The average molecular weight is 396 g/mol. The number of anilines is 1. The van der Waals surface area contributed by atoms with Crippen molar-refractivity contribution in [2.75, 3.05) is 25.1 Å². The van der Waals surface area contributed by atoms with Gasteiger partial charge in [-0.15, -0.1) is 0 Å². The SMILES string of the molecule is COc1cccc(CCNC(=O)C2CC(=O)N(c3ccccc3OC(C)C)C2)c1. The van der Waals surface area contributed by atoms with Gasteiger partial charge in [-0.2, -0.15) is 0 Å². The van der Waals surface area contributed by atoms with Gasteiger partial charge in [0.15, 0.2) is 0 Å². The second kappa shape index (κ2) is 9.45. The molecule has 29 heavy (non-hydrogen) atoms. The molecular weight excluding hydrogens is 368 g/mol. The van der Waals surface area contributed by atoms with Crippen LogP contribution in [0.5, 0.6) is 11.5 Å². The Kier molecular flexibility index (Phi) is 6.75. The van der Waals surface area contributed by atoms with Crippen molar-refractivity contribution in [2.24, 2.45) is 5.92 Å². The lowest BCUT2D eigenvalue weighted by molar-refractivity contribution is -0.126. The molecule has 1 aliphatic rings. The van der Waals surface area contributed by atoms with Crippen molar-refractivity contribution in [1.29, 1.82) is 0 Å². The van der Waals surface area contributed by atoms with Crippen LogP contribution in [0.4, 0.5) is 5.69 Å². The Morgan fingerprint density at radius 2 is 2.00 bits per heavy atom. The highest BCUT2D eigenvalue weighted by molar-refractivity contribution is 6.01. The Hall–Kier alpha value is -3.02. The number of methoxy groups -OCH3 is 1. The van der Waals surface area contributed by atoms with Gasteiger partial charge in [0.2, 0.25) is 11.8 Å². The topological polar surface area (TPSA) is 67.9 Å². The molecule has 6 heteroatoms. The zero-order valence-electron chi connectivity index (χ0n) is 17.2. The van der Waals surface area contributed by atoms with Gasteiger partial charge in [-0.1, -0.05) is 24.3 Å². The van der Waals surface area contributed by atoms with Crippen LogP contribution in [0.1, 0.15) is 25.8 Å². The highest BCUT2D eigenvalue weighted by atomic mass is 16.5. The summed E-state index contributed by atoms with van der Waals surface area (Å²) in [5.41, 5.74) is 1.81. The van der Waals surface area contributed by atoms with E-state index in [-0.39, 0.29) is 30.3 Å². The van der Waals surface area contributed by atoms with Gasteiger partial charge >= 0.3 is 0 Å². The van der Waals surface area contributed by atoms with E-state index in [9.17, 15) is 9.59 Å². The molecule has 2 amide bonds. The molecule has 1 aliphatic heterocycles. The Balaban J connectivity index is 1.58. The first-order valence-electron chi connectivity index (χ1n) is 9.94. The number of para-hydroxylation sites is 2. The fourth-order valence-electron chi connectivity index (χ4n) is 3.45. The first kappa shape index (κ1) is 20.7. The molecule has 2 aromatic rings.